The van der Waals surface area contributed by atoms with Crippen molar-refractivity contribution in [2.24, 2.45) is 5.92 Å². The molecule has 2 heterocycles. The maximum atomic E-state index is 12.6. The molecule has 0 aliphatic carbocycles. The number of aromatic nitrogens is 4. The number of nitriles is 1. The number of ether oxygens (including phenoxy) is 1. The molecule has 2 aromatic rings. The monoisotopic (exact) mass is 411 g/mol. The first-order chi connectivity index (χ1) is 14.2. The van der Waals surface area contributed by atoms with Gasteiger partial charge in [0, 0.05) is 18.3 Å². The van der Waals surface area contributed by atoms with Crippen LogP contribution in [0, 0.1) is 17.2 Å². The largest absolute Gasteiger partial charge is 0.491 e. The first-order valence-electron chi connectivity index (χ1n) is 9.37. The van der Waals surface area contributed by atoms with Crippen molar-refractivity contribution < 1.29 is 14.3 Å². The van der Waals surface area contributed by atoms with E-state index in [4.69, 9.17) is 10.00 Å². The fraction of sp³-hybridized carbons (Fsp3) is 0.450. The normalized spacial score (nSPS) is 11.0. The number of hydrogen-bond donors (Lipinski definition) is 2. The number of nitrogens with zero attached hydrogens (tertiary/aromatic N) is 5. The fourth-order valence-corrected chi connectivity index (χ4v) is 2.83. The van der Waals surface area contributed by atoms with Crippen molar-refractivity contribution in [3.8, 4) is 11.8 Å². The Morgan fingerprint density at radius 1 is 1.13 bits per heavy atom. The van der Waals surface area contributed by atoms with Crippen LogP contribution in [0.1, 0.15) is 52.1 Å². The molecule has 0 aliphatic rings. The molecule has 10 heteroatoms. The maximum Gasteiger partial charge on any atom is 0.232 e. The van der Waals surface area contributed by atoms with E-state index >= 15 is 0 Å². The summed E-state index contributed by atoms with van der Waals surface area (Å²) in [5, 5.41) is 14.2. The highest BCUT2D eigenvalue weighted by Crippen LogP contribution is 2.36. The molecule has 0 aromatic carbocycles. The Labute approximate surface area is 175 Å². The highest BCUT2D eigenvalue weighted by atomic mass is 16.5. The SMILES string of the molecule is COc1c(NC(=O)CC(C)C)ncnc1C(C)(C)CC(=O)Nc1cnc(C#N)nc1. The molecule has 0 atom stereocenters. The predicted molar refractivity (Wildman–Crippen MR) is 110 cm³/mol. The zero-order chi connectivity index (χ0) is 22.3. The summed E-state index contributed by atoms with van der Waals surface area (Å²) in [7, 11) is 1.46. The van der Waals surface area contributed by atoms with Crippen LogP contribution in [0.5, 0.6) is 5.75 Å². The van der Waals surface area contributed by atoms with Gasteiger partial charge in [-0.1, -0.05) is 27.7 Å². The third kappa shape index (κ3) is 5.94. The Morgan fingerprint density at radius 3 is 2.37 bits per heavy atom. The van der Waals surface area contributed by atoms with E-state index in [0.29, 0.717) is 23.6 Å². The molecular formula is C20H25N7O3. The fourth-order valence-electron chi connectivity index (χ4n) is 2.83. The number of hydrogen-bond acceptors (Lipinski definition) is 8. The van der Waals surface area contributed by atoms with E-state index in [1.165, 1.54) is 25.8 Å². The van der Waals surface area contributed by atoms with Gasteiger partial charge in [-0.15, -0.1) is 0 Å². The van der Waals surface area contributed by atoms with Crippen molar-refractivity contribution in [3.05, 3.63) is 30.2 Å². The van der Waals surface area contributed by atoms with Gasteiger partial charge in [0.1, 0.15) is 12.4 Å². The van der Waals surface area contributed by atoms with Crippen LogP contribution in [0.25, 0.3) is 0 Å². The van der Waals surface area contributed by atoms with E-state index in [1.807, 2.05) is 33.8 Å². The Hall–Kier alpha value is -3.61. The molecule has 158 valence electrons. The van der Waals surface area contributed by atoms with Crippen molar-refractivity contribution in [2.45, 2.75) is 46.0 Å². The second kappa shape index (κ2) is 9.73. The molecule has 0 radical (unpaired) electrons. The predicted octanol–water partition coefficient (Wildman–Crippen LogP) is 2.44. The molecule has 0 saturated carbocycles. The van der Waals surface area contributed by atoms with E-state index in [1.54, 1.807) is 0 Å². The highest BCUT2D eigenvalue weighted by Gasteiger charge is 2.31. The maximum absolute atomic E-state index is 12.6. The van der Waals surface area contributed by atoms with Crippen molar-refractivity contribution in [3.63, 3.8) is 0 Å². The third-order valence-electron chi connectivity index (χ3n) is 4.14. The topological polar surface area (TPSA) is 143 Å². The first-order valence-corrected chi connectivity index (χ1v) is 9.37. The molecule has 0 aliphatic heterocycles. The van der Waals surface area contributed by atoms with E-state index in [-0.39, 0.29) is 35.8 Å². The molecule has 0 bridgehead atoms. The Balaban J connectivity index is 2.19. The molecule has 2 amide bonds. The number of carbonyl (C=O) groups excluding carboxylic acids is 2. The minimum Gasteiger partial charge on any atom is -0.491 e. The number of nitrogens with one attached hydrogen (secondary N) is 2. The highest BCUT2D eigenvalue weighted by molar-refractivity contribution is 5.92. The molecule has 0 spiro atoms. The zero-order valence-electron chi connectivity index (χ0n) is 17.7. The Kier molecular flexibility index (Phi) is 7.36. The van der Waals surface area contributed by atoms with Crippen LogP contribution >= 0.6 is 0 Å². The number of methoxy groups -OCH3 is 1. The Morgan fingerprint density at radius 2 is 1.80 bits per heavy atom. The zero-order valence-corrected chi connectivity index (χ0v) is 17.7. The average molecular weight is 411 g/mol. The van der Waals surface area contributed by atoms with Gasteiger partial charge in [-0.05, 0) is 5.92 Å². The van der Waals surface area contributed by atoms with Gasteiger partial charge in [-0.25, -0.2) is 19.9 Å². The summed E-state index contributed by atoms with van der Waals surface area (Å²) in [6.45, 7) is 7.57. The van der Waals surface area contributed by atoms with Gasteiger partial charge in [-0.2, -0.15) is 5.26 Å². The van der Waals surface area contributed by atoms with Gasteiger partial charge in [-0.3, -0.25) is 9.59 Å². The van der Waals surface area contributed by atoms with Crippen LogP contribution in [0.15, 0.2) is 18.7 Å². The molecule has 0 unspecified atom stereocenters. The summed E-state index contributed by atoms with van der Waals surface area (Å²) in [4.78, 5) is 40.8. The lowest BCUT2D eigenvalue weighted by Crippen LogP contribution is -2.28. The van der Waals surface area contributed by atoms with E-state index < -0.39 is 5.41 Å². The Bertz CT molecular complexity index is 950. The summed E-state index contributed by atoms with van der Waals surface area (Å²) in [5.74, 6) is 0.328. The lowest BCUT2D eigenvalue weighted by atomic mass is 9.84. The van der Waals surface area contributed by atoms with Crippen LogP contribution in [0.2, 0.25) is 0 Å². The summed E-state index contributed by atoms with van der Waals surface area (Å²) in [5.41, 5.74) is 0.140. The third-order valence-corrected chi connectivity index (χ3v) is 4.14. The lowest BCUT2D eigenvalue weighted by Gasteiger charge is -2.26. The van der Waals surface area contributed by atoms with Crippen LogP contribution < -0.4 is 15.4 Å². The van der Waals surface area contributed by atoms with Gasteiger partial charge >= 0.3 is 0 Å². The smallest absolute Gasteiger partial charge is 0.232 e. The minimum atomic E-state index is -0.733. The molecule has 2 N–H and O–H groups in total. The molecule has 10 nitrogen and oxygen atoms in total. The molecule has 30 heavy (non-hydrogen) atoms. The van der Waals surface area contributed by atoms with Gasteiger partial charge in [0.05, 0.1) is 30.9 Å². The molecule has 2 rings (SSSR count). The summed E-state index contributed by atoms with van der Waals surface area (Å²) >= 11 is 0. The quantitative estimate of drug-likeness (QED) is 0.674. The van der Waals surface area contributed by atoms with Crippen molar-refractivity contribution in [2.75, 3.05) is 17.7 Å². The second-order valence-electron chi connectivity index (χ2n) is 7.77. The molecular weight excluding hydrogens is 386 g/mol. The van der Waals surface area contributed by atoms with Gasteiger partial charge in [0.15, 0.2) is 11.6 Å². The van der Waals surface area contributed by atoms with E-state index in [9.17, 15) is 9.59 Å². The van der Waals surface area contributed by atoms with Crippen LogP contribution in [0.4, 0.5) is 11.5 Å². The minimum absolute atomic E-state index is 0.0195. The first kappa shape index (κ1) is 22.7. The molecule has 2 aromatic heterocycles. The van der Waals surface area contributed by atoms with Crippen molar-refractivity contribution >= 4 is 23.3 Å². The molecule has 0 saturated heterocycles. The summed E-state index contributed by atoms with van der Waals surface area (Å²) in [6.07, 6.45) is 4.48. The van der Waals surface area contributed by atoms with Crippen LogP contribution in [-0.2, 0) is 15.0 Å². The van der Waals surface area contributed by atoms with E-state index in [0.717, 1.165) is 0 Å². The van der Waals surface area contributed by atoms with Gasteiger partial charge in [0.25, 0.3) is 0 Å². The standard InChI is InChI=1S/C20H25N7O3/c1-12(2)6-15(28)27-19-17(30-5)18(24-11-25-19)20(3,4)7-16(29)26-13-9-22-14(8-21)23-10-13/h9-12H,6-7H2,1-5H3,(H,26,29)(H,24,25,27,28). The summed E-state index contributed by atoms with van der Waals surface area (Å²) < 4.78 is 5.47. The number of carbonyl (C=O) groups is 2. The molecule has 0 fully saturated rings. The van der Waals surface area contributed by atoms with Crippen LogP contribution in [-0.4, -0.2) is 38.9 Å². The van der Waals surface area contributed by atoms with E-state index in [2.05, 4.69) is 30.6 Å². The number of anilines is 2. The average Bonchev–Trinajstić information content (AvgIpc) is 2.67. The lowest BCUT2D eigenvalue weighted by molar-refractivity contribution is -0.118. The van der Waals surface area contributed by atoms with Crippen molar-refractivity contribution in [1.82, 2.24) is 19.9 Å². The second-order valence-corrected chi connectivity index (χ2v) is 7.77. The van der Waals surface area contributed by atoms with Crippen LogP contribution in [0.3, 0.4) is 0 Å². The van der Waals surface area contributed by atoms with Crippen molar-refractivity contribution in [1.29, 1.82) is 5.26 Å². The van der Waals surface area contributed by atoms with Gasteiger partial charge in [0.2, 0.25) is 17.6 Å². The summed E-state index contributed by atoms with van der Waals surface area (Å²) in [6, 6.07) is 1.82. The number of rotatable bonds is 8. The number of amides is 2. The van der Waals surface area contributed by atoms with Gasteiger partial charge < -0.3 is 15.4 Å².